The third kappa shape index (κ3) is 1.78. The highest BCUT2D eigenvalue weighted by molar-refractivity contribution is 7.22. The van der Waals surface area contributed by atoms with Gasteiger partial charge in [-0.05, 0) is 0 Å². The van der Waals surface area contributed by atoms with Gasteiger partial charge in [-0.25, -0.2) is 9.78 Å². The van der Waals surface area contributed by atoms with Crippen LogP contribution in [0.3, 0.4) is 0 Å². The zero-order valence-electron chi connectivity index (χ0n) is 9.56. The Bertz CT molecular complexity index is 695. The summed E-state index contributed by atoms with van der Waals surface area (Å²) in [5, 5.41) is 3.61. The predicted molar refractivity (Wildman–Crippen MR) is 68.8 cm³/mol. The molecule has 1 N–H and O–H groups in total. The van der Waals surface area contributed by atoms with Gasteiger partial charge in [-0.3, -0.25) is 13.9 Å². The second kappa shape index (κ2) is 4.17. The lowest BCUT2D eigenvalue weighted by Gasteiger charge is -2.00. The lowest BCUT2D eigenvalue weighted by molar-refractivity contribution is 0.710. The van der Waals surface area contributed by atoms with Gasteiger partial charge < -0.3 is 5.32 Å². The van der Waals surface area contributed by atoms with Crippen molar-refractivity contribution < 1.29 is 0 Å². The number of hydrogen-bond donors (Lipinski definition) is 1. The van der Waals surface area contributed by atoms with Gasteiger partial charge in [-0.1, -0.05) is 17.4 Å². The third-order valence-electron chi connectivity index (χ3n) is 2.40. The lowest BCUT2D eigenvalue weighted by atomic mass is 10.5. The second-order valence-electron chi connectivity index (χ2n) is 3.55. The average Bonchev–Trinajstić information content (AvgIpc) is 2.75. The molecule has 0 saturated heterocycles. The minimum absolute atomic E-state index is 0.313. The normalized spacial score (nSPS) is 10.7. The van der Waals surface area contributed by atoms with Crippen molar-refractivity contribution in [1.82, 2.24) is 14.1 Å². The van der Waals surface area contributed by atoms with E-state index in [1.807, 2.05) is 0 Å². The van der Waals surface area contributed by atoms with Crippen molar-refractivity contribution in [3.8, 4) is 0 Å². The zero-order valence-corrected chi connectivity index (χ0v) is 10.4. The summed E-state index contributed by atoms with van der Waals surface area (Å²) >= 11 is 1.24. The van der Waals surface area contributed by atoms with E-state index in [1.54, 1.807) is 13.1 Å². The van der Waals surface area contributed by atoms with Crippen LogP contribution in [0.2, 0.25) is 0 Å². The first-order valence-electron chi connectivity index (χ1n) is 4.97. The standard InChI is InChI=1S/C10H12N4O2S/c1-4-5-11-9-12-7-6(17-9)8(15)14(3)10(16)13(7)2/h4H,1,5H2,2-3H3,(H,11,12). The summed E-state index contributed by atoms with van der Waals surface area (Å²) in [5.41, 5.74) is -0.273. The summed E-state index contributed by atoms with van der Waals surface area (Å²) in [7, 11) is 3.06. The van der Waals surface area contributed by atoms with E-state index >= 15 is 0 Å². The van der Waals surface area contributed by atoms with Gasteiger partial charge in [0.15, 0.2) is 10.8 Å². The number of thiazole rings is 1. The van der Waals surface area contributed by atoms with Crippen LogP contribution in [-0.4, -0.2) is 20.7 Å². The van der Waals surface area contributed by atoms with Crippen molar-refractivity contribution in [2.45, 2.75) is 0 Å². The summed E-state index contributed by atoms with van der Waals surface area (Å²) in [6.07, 6.45) is 1.70. The van der Waals surface area contributed by atoms with Gasteiger partial charge in [0.2, 0.25) is 0 Å². The Morgan fingerprint density at radius 3 is 2.76 bits per heavy atom. The van der Waals surface area contributed by atoms with Crippen LogP contribution in [0.15, 0.2) is 22.2 Å². The van der Waals surface area contributed by atoms with Crippen LogP contribution in [0.4, 0.5) is 5.13 Å². The SMILES string of the molecule is C=CCNc1nc2c(s1)c(=O)n(C)c(=O)n2C. The molecule has 0 bridgehead atoms. The fourth-order valence-corrected chi connectivity index (χ4v) is 2.45. The number of rotatable bonds is 3. The van der Waals surface area contributed by atoms with Gasteiger partial charge in [0, 0.05) is 20.6 Å². The molecule has 2 aromatic heterocycles. The molecule has 7 heteroatoms. The molecule has 0 spiro atoms. The quantitative estimate of drug-likeness (QED) is 0.797. The highest BCUT2D eigenvalue weighted by atomic mass is 32.1. The number of hydrogen-bond acceptors (Lipinski definition) is 5. The van der Waals surface area contributed by atoms with E-state index < -0.39 is 0 Å². The van der Waals surface area contributed by atoms with Gasteiger partial charge >= 0.3 is 5.69 Å². The molecular weight excluding hydrogens is 240 g/mol. The van der Waals surface area contributed by atoms with Crippen LogP contribution < -0.4 is 16.6 Å². The molecule has 0 amide bonds. The number of aromatic nitrogens is 3. The molecule has 6 nitrogen and oxygen atoms in total. The molecule has 0 fully saturated rings. The van der Waals surface area contributed by atoms with Crippen molar-refractivity contribution in [3.05, 3.63) is 33.5 Å². The Morgan fingerprint density at radius 1 is 1.41 bits per heavy atom. The van der Waals surface area contributed by atoms with E-state index in [2.05, 4.69) is 16.9 Å². The minimum atomic E-state index is -0.372. The van der Waals surface area contributed by atoms with E-state index in [9.17, 15) is 9.59 Å². The summed E-state index contributed by atoms with van der Waals surface area (Å²) < 4.78 is 2.92. The third-order valence-corrected chi connectivity index (χ3v) is 3.39. The maximum atomic E-state index is 11.9. The van der Waals surface area contributed by atoms with Crippen LogP contribution in [0, 0.1) is 0 Å². The van der Waals surface area contributed by atoms with Crippen LogP contribution in [-0.2, 0) is 14.1 Å². The molecule has 2 aromatic rings. The Balaban J connectivity index is 2.72. The molecule has 0 aromatic carbocycles. The smallest absolute Gasteiger partial charge is 0.332 e. The maximum Gasteiger partial charge on any atom is 0.332 e. The molecule has 0 aliphatic heterocycles. The van der Waals surface area contributed by atoms with Gasteiger partial charge in [-0.2, -0.15) is 0 Å². The molecule has 0 aliphatic rings. The van der Waals surface area contributed by atoms with Crippen molar-refractivity contribution >= 4 is 26.8 Å². The first-order valence-corrected chi connectivity index (χ1v) is 5.79. The van der Waals surface area contributed by atoms with Crippen LogP contribution in [0.25, 0.3) is 10.3 Å². The fraction of sp³-hybridized carbons (Fsp3) is 0.300. The second-order valence-corrected chi connectivity index (χ2v) is 4.55. The minimum Gasteiger partial charge on any atom is -0.358 e. The van der Waals surface area contributed by atoms with Crippen molar-refractivity contribution in [2.75, 3.05) is 11.9 Å². The lowest BCUT2D eigenvalue weighted by Crippen LogP contribution is -2.36. The topological polar surface area (TPSA) is 68.9 Å². The molecule has 0 aliphatic carbocycles. The summed E-state index contributed by atoms with van der Waals surface area (Å²) in [4.78, 5) is 27.8. The van der Waals surface area contributed by atoms with E-state index in [1.165, 1.54) is 23.0 Å². The molecule has 0 unspecified atom stereocenters. The van der Waals surface area contributed by atoms with Gasteiger partial charge in [-0.15, -0.1) is 6.58 Å². The maximum absolute atomic E-state index is 11.9. The first kappa shape index (κ1) is 11.6. The Labute approximate surface area is 101 Å². The summed E-state index contributed by atoms with van der Waals surface area (Å²) in [5.74, 6) is 0. The van der Waals surface area contributed by atoms with Gasteiger partial charge in [0.1, 0.15) is 4.70 Å². The van der Waals surface area contributed by atoms with Crippen molar-refractivity contribution in [1.29, 1.82) is 0 Å². The van der Waals surface area contributed by atoms with Crippen molar-refractivity contribution in [2.24, 2.45) is 14.1 Å². The van der Waals surface area contributed by atoms with Gasteiger partial charge in [0.05, 0.1) is 0 Å². The van der Waals surface area contributed by atoms with Crippen LogP contribution >= 0.6 is 11.3 Å². The molecule has 0 radical (unpaired) electrons. The number of nitrogens with zero attached hydrogens (tertiary/aromatic N) is 3. The Morgan fingerprint density at radius 2 is 2.12 bits per heavy atom. The van der Waals surface area contributed by atoms with Crippen molar-refractivity contribution in [3.63, 3.8) is 0 Å². The molecule has 2 rings (SSSR count). The molecular formula is C10H12N4O2S. The van der Waals surface area contributed by atoms with E-state index in [0.29, 0.717) is 22.0 Å². The molecule has 90 valence electrons. The van der Waals surface area contributed by atoms with E-state index in [4.69, 9.17) is 0 Å². The summed E-state index contributed by atoms with van der Waals surface area (Å²) in [6, 6.07) is 0. The molecule has 0 saturated carbocycles. The van der Waals surface area contributed by atoms with Crippen LogP contribution in [0.5, 0.6) is 0 Å². The van der Waals surface area contributed by atoms with Gasteiger partial charge in [0.25, 0.3) is 5.56 Å². The predicted octanol–water partition coefficient (Wildman–Crippen LogP) is 0.292. The largest absolute Gasteiger partial charge is 0.358 e. The zero-order chi connectivity index (χ0) is 12.6. The van der Waals surface area contributed by atoms with Crippen LogP contribution in [0.1, 0.15) is 0 Å². The first-order chi connectivity index (χ1) is 8.06. The van der Waals surface area contributed by atoms with E-state index in [-0.39, 0.29) is 11.2 Å². The molecule has 17 heavy (non-hydrogen) atoms. The Kier molecular flexibility index (Phi) is 2.84. The Hall–Kier alpha value is -1.89. The molecule has 0 atom stereocenters. The monoisotopic (exact) mass is 252 g/mol. The highest BCUT2D eigenvalue weighted by Crippen LogP contribution is 2.21. The number of anilines is 1. The average molecular weight is 252 g/mol. The number of nitrogens with one attached hydrogen (secondary N) is 1. The number of fused-ring (bicyclic) bond motifs is 1. The number of aryl methyl sites for hydroxylation is 1. The summed E-state index contributed by atoms with van der Waals surface area (Å²) in [6.45, 7) is 4.15. The molecule has 2 heterocycles. The highest BCUT2D eigenvalue weighted by Gasteiger charge is 2.13. The van der Waals surface area contributed by atoms with E-state index in [0.717, 1.165) is 4.57 Å². The fourth-order valence-electron chi connectivity index (χ4n) is 1.47.